The summed E-state index contributed by atoms with van der Waals surface area (Å²) in [5.41, 5.74) is 0.614. The van der Waals surface area contributed by atoms with Crippen LogP contribution in [0.3, 0.4) is 0 Å². The van der Waals surface area contributed by atoms with Gasteiger partial charge in [-0.25, -0.2) is 0 Å². The molecule has 1 N–H and O–H groups in total. The number of nitrogens with one attached hydrogen (secondary N) is 1. The number of hydrogen-bond acceptors (Lipinski definition) is 3. The number of anilines is 1. The Morgan fingerprint density at radius 3 is 2.36 bits per heavy atom. The van der Waals surface area contributed by atoms with E-state index in [4.69, 9.17) is 4.74 Å². The summed E-state index contributed by atoms with van der Waals surface area (Å²) in [7, 11) is 0. The van der Waals surface area contributed by atoms with E-state index in [0.29, 0.717) is 23.9 Å². The van der Waals surface area contributed by atoms with E-state index in [-0.39, 0.29) is 24.5 Å². The van der Waals surface area contributed by atoms with Crippen molar-refractivity contribution >= 4 is 17.5 Å². The number of ether oxygens (including phenoxy) is 1. The Balaban J connectivity index is 2.92. The molecule has 1 aromatic rings. The first kappa shape index (κ1) is 18.0. The molecule has 22 heavy (non-hydrogen) atoms. The lowest BCUT2D eigenvalue weighted by molar-refractivity contribution is -0.123. The summed E-state index contributed by atoms with van der Waals surface area (Å²) >= 11 is 0. The van der Waals surface area contributed by atoms with Crippen LogP contribution in [0, 0.1) is 5.92 Å². The molecule has 0 unspecified atom stereocenters. The van der Waals surface area contributed by atoms with E-state index >= 15 is 0 Å². The molecular formula is C17H26N2O3. The number of carbonyl (C=O) groups is 2. The number of benzene rings is 1. The fourth-order valence-electron chi connectivity index (χ4n) is 1.92. The minimum absolute atomic E-state index is 0.00951. The van der Waals surface area contributed by atoms with E-state index in [1.165, 1.54) is 11.8 Å². The van der Waals surface area contributed by atoms with Gasteiger partial charge in [0, 0.05) is 13.5 Å². The predicted molar refractivity (Wildman–Crippen MR) is 88.1 cm³/mol. The van der Waals surface area contributed by atoms with Crippen LogP contribution in [0.4, 0.5) is 5.69 Å². The van der Waals surface area contributed by atoms with Crippen molar-refractivity contribution in [1.82, 2.24) is 5.32 Å². The fraction of sp³-hybridized carbons (Fsp3) is 0.529. The second kappa shape index (κ2) is 8.41. The molecule has 0 aliphatic carbocycles. The summed E-state index contributed by atoms with van der Waals surface area (Å²) in [5, 5.41) is 2.82. The average Bonchev–Trinajstić information content (AvgIpc) is 2.42. The van der Waals surface area contributed by atoms with Crippen molar-refractivity contribution in [2.45, 2.75) is 40.7 Å². The van der Waals surface area contributed by atoms with Gasteiger partial charge in [-0.2, -0.15) is 0 Å². The summed E-state index contributed by atoms with van der Waals surface area (Å²) in [6, 6.07) is 7.26. The molecule has 0 atom stereocenters. The molecule has 0 saturated heterocycles. The predicted octanol–water partition coefficient (Wildman–Crippen LogP) is 2.60. The molecule has 2 amide bonds. The van der Waals surface area contributed by atoms with Gasteiger partial charge in [-0.1, -0.05) is 26.0 Å². The minimum Gasteiger partial charge on any atom is -0.489 e. The van der Waals surface area contributed by atoms with E-state index < -0.39 is 0 Å². The molecule has 0 aliphatic rings. The number of para-hydroxylation sites is 2. The standard InChI is InChI=1S/C17H26N2O3/c1-12(2)10-18-17(21)11-19(14(5)20)15-8-6-7-9-16(15)22-13(3)4/h6-9,12-13H,10-11H2,1-5H3,(H,18,21). The Kier molecular flexibility index (Phi) is 6.89. The topological polar surface area (TPSA) is 58.6 Å². The molecule has 0 aromatic heterocycles. The van der Waals surface area contributed by atoms with Gasteiger partial charge in [-0.05, 0) is 31.9 Å². The van der Waals surface area contributed by atoms with Crippen LogP contribution in [0.2, 0.25) is 0 Å². The van der Waals surface area contributed by atoms with Gasteiger partial charge in [-0.3, -0.25) is 14.5 Å². The first-order valence-electron chi connectivity index (χ1n) is 7.61. The Morgan fingerprint density at radius 1 is 1.18 bits per heavy atom. The Hall–Kier alpha value is -2.04. The third kappa shape index (κ3) is 5.76. The first-order valence-corrected chi connectivity index (χ1v) is 7.61. The Labute approximate surface area is 132 Å². The van der Waals surface area contributed by atoms with Crippen LogP contribution in [-0.4, -0.2) is 31.0 Å². The first-order chi connectivity index (χ1) is 10.3. The van der Waals surface area contributed by atoms with Gasteiger partial charge in [-0.15, -0.1) is 0 Å². The molecule has 0 radical (unpaired) electrons. The zero-order valence-electron chi connectivity index (χ0n) is 14.1. The maximum Gasteiger partial charge on any atom is 0.240 e. The minimum atomic E-state index is -0.195. The van der Waals surface area contributed by atoms with Crippen LogP contribution in [0.25, 0.3) is 0 Å². The van der Waals surface area contributed by atoms with Gasteiger partial charge in [0.05, 0.1) is 11.8 Å². The number of carbonyl (C=O) groups excluding carboxylic acids is 2. The highest BCUT2D eigenvalue weighted by molar-refractivity contribution is 5.98. The van der Waals surface area contributed by atoms with Gasteiger partial charge in [0.15, 0.2) is 0 Å². The molecule has 1 rings (SSSR count). The highest BCUT2D eigenvalue weighted by Gasteiger charge is 2.19. The number of hydrogen-bond donors (Lipinski definition) is 1. The normalized spacial score (nSPS) is 10.7. The second-order valence-corrected chi connectivity index (χ2v) is 5.94. The van der Waals surface area contributed by atoms with Crippen LogP contribution >= 0.6 is 0 Å². The largest absolute Gasteiger partial charge is 0.489 e. The van der Waals surface area contributed by atoms with Crippen molar-refractivity contribution in [3.63, 3.8) is 0 Å². The molecule has 0 aliphatic heterocycles. The van der Waals surface area contributed by atoms with Crippen molar-refractivity contribution in [3.05, 3.63) is 24.3 Å². The van der Waals surface area contributed by atoms with Crippen LogP contribution in [0.1, 0.15) is 34.6 Å². The van der Waals surface area contributed by atoms with E-state index in [1.807, 2.05) is 39.8 Å². The van der Waals surface area contributed by atoms with E-state index in [9.17, 15) is 9.59 Å². The zero-order valence-corrected chi connectivity index (χ0v) is 14.1. The number of amides is 2. The highest BCUT2D eigenvalue weighted by Crippen LogP contribution is 2.28. The van der Waals surface area contributed by atoms with Crippen molar-refractivity contribution in [2.75, 3.05) is 18.0 Å². The molecular weight excluding hydrogens is 280 g/mol. The lowest BCUT2D eigenvalue weighted by Gasteiger charge is -2.24. The summed E-state index contributed by atoms with van der Waals surface area (Å²) in [6.45, 7) is 9.91. The average molecular weight is 306 g/mol. The molecule has 5 nitrogen and oxygen atoms in total. The highest BCUT2D eigenvalue weighted by atomic mass is 16.5. The van der Waals surface area contributed by atoms with Crippen molar-refractivity contribution in [3.8, 4) is 5.75 Å². The lowest BCUT2D eigenvalue weighted by atomic mass is 10.2. The maximum absolute atomic E-state index is 12.0. The molecule has 0 fully saturated rings. The maximum atomic E-state index is 12.0. The molecule has 5 heteroatoms. The van der Waals surface area contributed by atoms with E-state index in [1.54, 1.807) is 12.1 Å². The third-order valence-corrected chi connectivity index (χ3v) is 2.91. The third-order valence-electron chi connectivity index (χ3n) is 2.91. The van der Waals surface area contributed by atoms with Gasteiger partial charge in [0.25, 0.3) is 0 Å². The molecule has 0 heterocycles. The molecule has 0 saturated carbocycles. The van der Waals surface area contributed by atoms with Gasteiger partial charge < -0.3 is 10.1 Å². The molecule has 0 bridgehead atoms. The summed E-state index contributed by atoms with van der Waals surface area (Å²) < 4.78 is 5.73. The quantitative estimate of drug-likeness (QED) is 0.842. The SMILES string of the molecule is CC(=O)N(CC(=O)NCC(C)C)c1ccccc1OC(C)C. The van der Waals surface area contributed by atoms with Crippen molar-refractivity contribution in [1.29, 1.82) is 0 Å². The van der Waals surface area contributed by atoms with Gasteiger partial charge in [0.1, 0.15) is 12.3 Å². The number of rotatable bonds is 7. The summed E-state index contributed by atoms with van der Waals surface area (Å²) in [6.07, 6.45) is -0.00951. The molecule has 0 spiro atoms. The van der Waals surface area contributed by atoms with Crippen LogP contribution in [-0.2, 0) is 9.59 Å². The van der Waals surface area contributed by atoms with Crippen LogP contribution < -0.4 is 15.0 Å². The van der Waals surface area contributed by atoms with Crippen molar-refractivity contribution < 1.29 is 14.3 Å². The van der Waals surface area contributed by atoms with Gasteiger partial charge in [0.2, 0.25) is 11.8 Å². The van der Waals surface area contributed by atoms with E-state index in [0.717, 1.165) is 0 Å². The van der Waals surface area contributed by atoms with Crippen molar-refractivity contribution in [2.24, 2.45) is 5.92 Å². The van der Waals surface area contributed by atoms with Crippen LogP contribution in [0.15, 0.2) is 24.3 Å². The summed E-state index contributed by atoms with van der Waals surface area (Å²) in [4.78, 5) is 25.4. The lowest BCUT2D eigenvalue weighted by Crippen LogP contribution is -2.41. The second-order valence-electron chi connectivity index (χ2n) is 5.94. The van der Waals surface area contributed by atoms with Crippen LogP contribution in [0.5, 0.6) is 5.75 Å². The monoisotopic (exact) mass is 306 g/mol. The number of nitrogens with zero attached hydrogens (tertiary/aromatic N) is 1. The summed E-state index contributed by atoms with van der Waals surface area (Å²) in [5.74, 6) is 0.596. The Bertz CT molecular complexity index is 512. The van der Waals surface area contributed by atoms with Gasteiger partial charge >= 0.3 is 0 Å². The van der Waals surface area contributed by atoms with E-state index in [2.05, 4.69) is 5.32 Å². The Morgan fingerprint density at radius 2 is 1.82 bits per heavy atom. The molecule has 122 valence electrons. The fourth-order valence-corrected chi connectivity index (χ4v) is 1.92. The molecule has 1 aromatic carbocycles. The zero-order chi connectivity index (χ0) is 16.7. The smallest absolute Gasteiger partial charge is 0.240 e.